The third-order valence-electron chi connectivity index (χ3n) is 2.90. The van der Waals surface area contributed by atoms with Crippen LogP contribution in [0, 0.1) is 0 Å². The van der Waals surface area contributed by atoms with E-state index in [9.17, 15) is 5.11 Å². The first-order chi connectivity index (χ1) is 7.29. The highest BCUT2D eigenvalue weighted by atomic mass is 16.5. The summed E-state index contributed by atoms with van der Waals surface area (Å²) < 4.78 is 5.35. The van der Waals surface area contributed by atoms with Crippen molar-refractivity contribution in [3.8, 4) is 0 Å². The molecule has 82 valence electrons. The fourth-order valence-corrected chi connectivity index (χ4v) is 2.05. The molecule has 3 nitrogen and oxygen atoms in total. The van der Waals surface area contributed by atoms with E-state index in [-0.39, 0.29) is 0 Å². The topological polar surface area (TPSA) is 42.4 Å². The van der Waals surface area contributed by atoms with E-state index in [1.165, 1.54) is 0 Å². The van der Waals surface area contributed by atoms with Crippen LogP contribution in [-0.4, -0.2) is 28.9 Å². The van der Waals surface area contributed by atoms with Crippen LogP contribution in [0.2, 0.25) is 0 Å². The van der Waals surface area contributed by atoms with Crippen molar-refractivity contribution in [3.05, 3.63) is 30.1 Å². The van der Waals surface area contributed by atoms with E-state index in [1.54, 1.807) is 6.20 Å². The zero-order valence-corrected chi connectivity index (χ0v) is 8.85. The zero-order chi connectivity index (χ0) is 10.6. The molecule has 0 saturated carbocycles. The molecule has 0 aromatic carbocycles. The van der Waals surface area contributed by atoms with Crippen LogP contribution in [0.25, 0.3) is 0 Å². The molecule has 0 spiro atoms. The Morgan fingerprint density at radius 3 is 3.13 bits per heavy atom. The first-order valence-corrected chi connectivity index (χ1v) is 5.48. The first kappa shape index (κ1) is 10.6. The molecular formula is C12H17NO2. The molecule has 1 aliphatic rings. The van der Waals surface area contributed by atoms with Crippen LogP contribution >= 0.6 is 0 Å². The van der Waals surface area contributed by atoms with Crippen LogP contribution in [0.4, 0.5) is 0 Å². The second-order valence-electron chi connectivity index (χ2n) is 4.23. The van der Waals surface area contributed by atoms with Gasteiger partial charge in [0.25, 0.3) is 0 Å². The minimum Gasteiger partial charge on any atom is -0.389 e. The third kappa shape index (κ3) is 3.01. The van der Waals surface area contributed by atoms with Gasteiger partial charge in [0.1, 0.15) is 0 Å². The molecule has 2 heterocycles. The highest BCUT2D eigenvalue weighted by Crippen LogP contribution is 2.25. The lowest BCUT2D eigenvalue weighted by atomic mass is 9.88. The fourth-order valence-electron chi connectivity index (χ4n) is 2.05. The van der Waals surface area contributed by atoms with Gasteiger partial charge in [0.05, 0.1) is 5.60 Å². The number of aliphatic hydroxyl groups is 1. The molecule has 0 amide bonds. The molecular weight excluding hydrogens is 190 g/mol. The molecule has 1 aromatic heterocycles. The molecule has 1 atom stereocenters. The SMILES string of the molecule is OC1(Cc2cccnc2)CCCOCC1. The van der Waals surface area contributed by atoms with E-state index >= 15 is 0 Å². The Bertz CT molecular complexity index is 292. The maximum Gasteiger partial charge on any atom is 0.0711 e. The fraction of sp³-hybridized carbons (Fsp3) is 0.583. The maximum absolute atomic E-state index is 10.4. The Kier molecular flexibility index (Phi) is 3.34. The molecule has 1 unspecified atom stereocenters. The van der Waals surface area contributed by atoms with Gasteiger partial charge < -0.3 is 9.84 Å². The molecule has 1 fully saturated rings. The van der Waals surface area contributed by atoms with Gasteiger partial charge in [-0.25, -0.2) is 0 Å². The number of hydrogen-bond acceptors (Lipinski definition) is 3. The van der Waals surface area contributed by atoms with Gasteiger partial charge >= 0.3 is 0 Å². The predicted octanol–water partition coefficient (Wildman–Crippen LogP) is 1.56. The van der Waals surface area contributed by atoms with Gasteiger partial charge in [-0.05, 0) is 30.9 Å². The number of rotatable bonds is 2. The average molecular weight is 207 g/mol. The van der Waals surface area contributed by atoms with Crippen molar-refractivity contribution in [2.45, 2.75) is 31.3 Å². The number of aromatic nitrogens is 1. The van der Waals surface area contributed by atoms with E-state index in [0.29, 0.717) is 13.0 Å². The third-order valence-corrected chi connectivity index (χ3v) is 2.90. The van der Waals surface area contributed by atoms with Crippen LogP contribution < -0.4 is 0 Å². The zero-order valence-electron chi connectivity index (χ0n) is 8.85. The van der Waals surface area contributed by atoms with E-state index < -0.39 is 5.60 Å². The van der Waals surface area contributed by atoms with Crippen LogP contribution in [0.5, 0.6) is 0 Å². The van der Waals surface area contributed by atoms with Crippen molar-refractivity contribution in [2.75, 3.05) is 13.2 Å². The lowest BCUT2D eigenvalue weighted by Gasteiger charge is -2.25. The summed E-state index contributed by atoms with van der Waals surface area (Å²) in [5.74, 6) is 0. The van der Waals surface area contributed by atoms with Gasteiger partial charge in [-0.15, -0.1) is 0 Å². The molecule has 3 heteroatoms. The summed E-state index contributed by atoms with van der Waals surface area (Å²) in [6.45, 7) is 1.44. The van der Waals surface area contributed by atoms with Gasteiger partial charge in [0.2, 0.25) is 0 Å². The first-order valence-electron chi connectivity index (χ1n) is 5.48. The molecule has 1 saturated heterocycles. The number of ether oxygens (including phenoxy) is 1. The smallest absolute Gasteiger partial charge is 0.0711 e. The molecule has 0 radical (unpaired) electrons. The Hall–Kier alpha value is -0.930. The minimum atomic E-state index is -0.598. The summed E-state index contributed by atoms with van der Waals surface area (Å²) in [5, 5.41) is 10.4. The van der Waals surface area contributed by atoms with Crippen molar-refractivity contribution < 1.29 is 9.84 Å². The summed E-state index contributed by atoms with van der Waals surface area (Å²) >= 11 is 0. The molecule has 2 rings (SSSR count). The van der Waals surface area contributed by atoms with E-state index in [2.05, 4.69) is 4.98 Å². The van der Waals surface area contributed by atoms with Gasteiger partial charge in [0, 0.05) is 32.0 Å². The van der Waals surface area contributed by atoms with E-state index in [1.807, 2.05) is 18.3 Å². The van der Waals surface area contributed by atoms with Crippen molar-refractivity contribution in [2.24, 2.45) is 0 Å². The van der Waals surface area contributed by atoms with Gasteiger partial charge in [0.15, 0.2) is 0 Å². The van der Waals surface area contributed by atoms with Crippen molar-refractivity contribution >= 4 is 0 Å². The maximum atomic E-state index is 10.4. The highest BCUT2D eigenvalue weighted by molar-refractivity contribution is 5.11. The average Bonchev–Trinajstić information content (AvgIpc) is 2.45. The lowest BCUT2D eigenvalue weighted by Crippen LogP contribution is -2.31. The molecule has 15 heavy (non-hydrogen) atoms. The summed E-state index contributed by atoms with van der Waals surface area (Å²) in [6.07, 6.45) is 6.75. The van der Waals surface area contributed by atoms with Crippen LogP contribution in [0.15, 0.2) is 24.5 Å². The lowest BCUT2D eigenvalue weighted by molar-refractivity contribution is 0.0188. The molecule has 0 bridgehead atoms. The number of hydrogen-bond donors (Lipinski definition) is 1. The Morgan fingerprint density at radius 1 is 1.40 bits per heavy atom. The second kappa shape index (κ2) is 4.73. The van der Waals surface area contributed by atoms with Gasteiger partial charge in [-0.1, -0.05) is 6.07 Å². The van der Waals surface area contributed by atoms with E-state index in [0.717, 1.165) is 31.4 Å². The summed E-state index contributed by atoms with van der Waals surface area (Å²) in [5.41, 5.74) is 0.501. The Morgan fingerprint density at radius 2 is 2.33 bits per heavy atom. The Labute approximate surface area is 90.1 Å². The molecule has 1 N–H and O–H groups in total. The largest absolute Gasteiger partial charge is 0.389 e. The van der Waals surface area contributed by atoms with Crippen molar-refractivity contribution in [1.29, 1.82) is 0 Å². The summed E-state index contributed by atoms with van der Waals surface area (Å²) in [6, 6.07) is 3.92. The second-order valence-corrected chi connectivity index (χ2v) is 4.23. The Balaban J connectivity index is 2.02. The molecule has 1 aliphatic heterocycles. The molecule has 0 aliphatic carbocycles. The van der Waals surface area contributed by atoms with E-state index in [4.69, 9.17) is 4.74 Å². The van der Waals surface area contributed by atoms with Crippen LogP contribution in [-0.2, 0) is 11.2 Å². The quantitative estimate of drug-likeness (QED) is 0.800. The minimum absolute atomic E-state index is 0.598. The molecule has 1 aromatic rings. The van der Waals surface area contributed by atoms with Crippen molar-refractivity contribution in [3.63, 3.8) is 0 Å². The van der Waals surface area contributed by atoms with Crippen LogP contribution in [0.3, 0.4) is 0 Å². The summed E-state index contributed by atoms with van der Waals surface area (Å²) in [4.78, 5) is 4.06. The van der Waals surface area contributed by atoms with Gasteiger partial charge in [-0.3, -0.25) is 4.98 Å². The standard InChI is InChI=1S/C12H17NO2/c14-12(4-2-7-15-8-5-12)9-11-3-1-6-13-10-11/h1,3,6,10,14H,2,4-5,7-9H2. The monoisotopic (exact) mass is 207 g/mol. The summed E-state index contributed by atoms with van der Waals surface area (Å²) in [7, 11) is 0. The number of nitrogens with zero attached hydrogens (tertiary/aromatic N) is 1. The normalized spacial score (nSPS) is 27.3. The van der Waals surface area contributed by atoms with Crippen LogP contribution in [0.1, 0.15) is 24.8 Å². The van der Waals surface area contributed by atoms with Gasteiger partial charge in [-0.2, -0.15) is 0 Å². The highest BCUT2D eigenvalue weighted by Gasteiger charge is 2.28. The predicted molar refractivity (Wildman–Crippen MR) is 57.6 cm³/mol. The number of pyridine rings is 1. The van der Waals surface area contributed by atoms with Crippen molar-refractivity contribution in [1.82, 2.24) is 4.98 Å².